The predicted octanol–water partition coefficient (Wildman–Crippen LogP) is 4.22. The molecule has 2 heterocycles. The third-order valence-electron chi connectivity index (χ3n) is 5.66. The number of hydrogen-bond acceptors (Lipinski definition) is 5. The molecular weight excluding hydrogens is 406 g/mol. The number of amides is 1. The number of rotatable bonds is 4. The largest absolute Gasteiger partial charge is 0.494 e. The fourth-order valence-electron chi connectivity index (χ4n) is 4.09. The first-order valence-electron chi connectivity index (χ1n) is 10.3. The van der Waals surface area contributed by atoms with Crippen LogP contribution in [0.1, 0.15) is 22.9 Å². The molecule has 32 heavy (non-hydrogen) atoms. The van der Waals surface area contributed by atoms with E-state index in [1.807, 2.05) is 54.6 Å². The molecule has 0 fully saturated rings. The normalized spacial score (nSPS) is 14.9. The predicted molar refractivity (Wildman–Crippen MR) is 121 cm³/mol. The van der Waals surface area contributed by atoms with Crippen LogP contribution in [0.5, 0.6) is 5.75 Å². The van der Waals surface area contributed by atoms with Gasteiger partial charge in [0.1, 0.15) is 23.7 Å². The number of nitrogens with one attached hydrogen (secondary N) is 1. The Morgan fingerprint density at radius 3 is 2.66 bits per heavy atom. The molecule has 160 valence electrons. The van der Waals surface area contributed by atoms with Gasteiger partial charge in [-0.05, 0) is 29.3 Å². The molecule has 3 aromatic carbocycles. The van der Waals surface area contributed by atoms with Crippen molar-refractivity contribution in [1.82, 2.24) is 9.97 Å². The molecule has 7 nitrogen and oxygen atoms in total. The summed E-state index contributed by atoms with van der Waals surface area (Å²) in [4.78, 5) is 34.9. The number of carbonyl (C=O) groups excluding carboxylic acids is 1. The number of nitrogens with zero attached hydrogens (tertiary/aromatic N) is 2. The Balaban J connectivity index is 1.49. The maximum atomic E-state index is 12.9. The van der Waals surface area contributed by atoms with Crippen LogP contribution < -0.4 is 15.2 Å². The number of aromatic amines is 1. The van der Waals surface area contributed by atoms with Gasteiger partial charge in [0.05, 0.1) is 24.1 Å². The Hall–Kier alpha value is -4.13. The minimum Gasteiger partial charge on any atom is -0.494 e. The molecule has 1 amide bonds. The number of fused-ring (bicyclic) bond motifs is 2. The zero-order valence-corrected chi connectivity index (χ0v) is 17.4. The van der Waals surface area contributed by atoms with E-state index < -0.39 is 6.09 Å². The van der Waals surface area contributed by atoms with E-state index in [1.165, 1.54) is 0 Å². The molecule has 0 saturated carbocycles. The summed E-state index contributed by atoms with van der Waals surface area (Å²) in [5.74, 6) is 0.718. The zero-order valence-electron chi connectivity index (χ0n) is 17.4. The van der Waals surface area contributed by atoms with Gasteiger partial charge in [0.15, 0.2) is 0 Å². The lowest BCUT2D eigenvalue weighted by atomic mass is 10.0. The number of carbonyl (C=O) groups is 1. The fourth-order valence-corrected chi connectivity index (χ4v) is 4.09. The number of hydrogen-bond donors (Lipinski definition) is 1. The van der Waals surface area contributed by atoms with Crippen LogP contribution in [0, 0.1) is 0 Å². The molecular formula is C25H21N3O4. The topological polar surface area (TPSA) is 84.5 Å². The summed E-state index contributed by atoms with van der Waals surface area (Å²) in [6.45, 7) is 0.502. The second-order valence-corrected chi connectivity index (χ2v) is 7.57. The molecule has 1 unspecified atom stereocenters. The van der Waals surface area contributed by atoms with Crippen molar-refractivity contribution in [3.05, 3.63) is 100 Å². The van der Waals surface area contributed by atoms with Crippen molar-refractivity contribution in [2.45, 2.75) is 12.5 Å². The first-order valence-corrected chi connectivity index (χ1v) is 10.3. The highest BCUT2D eigenvalue weighted by Gasteiger charge is 2.35. The zero-order chi connectivity index (χ0) is 22.1. The lowest BCUT2D eigenvalue weighted by molar-refractivity contribution is 0.147. The molecule has 0 bridgehead atoms. The monoisotopic (exact) mass is 427 g/mol. The summed E-state index contributed by atoms with van der Waals surface area (Å²) >= 11 is 0. The van der Waals surface area contributed by atoms with E-state index in [4.69, 9.17) is 14.5 Å². The molecule has 1 N–H and O–H groups in total. The number of para-hydroxylation sites is 2. The number of anilines is 1. The molecule has 0 saturated heterocycles. The lowest BCUT2D eigenvalue weighted by Crippen LogP contribution is -2.31. The average Bonchev–Trinajstić information content (AvgIpc) is 3.23. The number of H-pyrrole nitrogens is 1. The molecule has 1 aliphatic heterocycles. The van der Waals surface area contributed by atoms with Crippen LogP contribution in [-0.4, -0.2) is 29.7 Å². The molecule has 0 spiro atoms. The van der Waals surface area contributed by atoms with Crippen molar-refractivity contribution in [2.24, 2.45) is 0 Å². The first-order chi connectivity index (χ1) is 15.7. The summed E-state index contributed by atoms with van der Waals surface area (Å²) in [5, 5.41) is 0.457. The summed E-state index contributed by atoms with van der Waals surface area (Å²) < 4.78 is 11.0. The second kappa shape index (κ2) is 8.19. The number of methoxy groups -OCH3 is 1. The Morgan fingerprint density at radius 2 is 1.84 bits per heavy atom. The summed E-state index contributed by atoms with van der Waals surface area (Å²) in [5.41, 5.74) is 2.82. The molecule has 0 aliphatic carbocycles. The van der Waals surface area contributed by atoms with Crippen molar-refractivity contribution in [3.63, 3.8) is 0 Å². The summed E-state index contributed by atoms with van der Waals surface area (Å²) in [6.07, 6.45) is -0.440. The minimum atomic E-state index is -0.440. The van der Waals surface area contributed by atoms with Crippen molar-refractivity contribution in [2.75, 3.05) is 18.6 Å². The summed E-state index contributed by atoms with van der Waals surface area (Å²) in [6, 6.07) is 22.4. The van der Waals surface area contributed by atoms with E-state index in [1.54, 1.807) is 30.2 Å². The van der Waals surface area contributed by atoms with E-state index in [0.29, 0.717) is 29.0 Å². The number of ether oxygens (including phenoxy) is 2. The lowest BCUT2D eigenvalue weighted by Gasteiger charge is -2.17. The minimum absolute atomic E-state index is 0.186. The van der Waals surface area contributed by atoms with Crippen LogP contribution in [0.25, 0.3) is 10.9 Å². The number of aromatic nitrogens is 2. The van der Waals surface area contributed by atoms with Crippen LogP contribution in [0.15, 0.2) is 77.6 Å². The van der Waals surface area contributed by atoms with E-state index >= 15 is 0 Å². The van der Waals surface area contributed by atoms with Gasteiger partial charge in [-0.3, -0.25) is 9.69 Å². The highest BCUT2D eigenvalue weighted by Crippen LogP contribution is 2.39. The smallest absolute Gasteiger partial charge is 0.414 e. The van der Waals surface area contributed by atoms with Crippen molar-refractivity contribution >= 4 is 22.7 Å². The highest BCUT2D eigenvalue weighted by molar-refractivity contribution is 5.91. The SMILES string of the molecule is COc1cccc2c(=O)[nH]c(C3CN(C(=O)OCc4ccccc4)c4ccccc43)nc12. The van der Waals surface area contributed by atoms with Crippen molar-refractivity contribution < 1.29 is 14.3 Å². The van der Waals surface area contributed by atoms with Crippen LogP contribution in [0.2, 0.25) is 0 Å². The van der Waals surface area contributed by atoms with Gasteiger partial charge in [0.25, 0.3) is 5.56 Å². The quantitative estimate of drug-likeness (QED) is 0.527. The van der Waals surface area contributed by atoms with E-state index in [0.717, 1.165) is 16.8 Å². The van der Waals surface area contributed by atoms with Crippen LogP contribution >= 0.6 is 0 Å². The third kappa shape index (κ3) is 3.47. The van der Waals surface area contributed by atoms with Crippen LogP contribution in [-0.2, 0) is 11.3 Å². The summed E-state index contributed by atoms with van der Waals surface area (Å²) in [7, 11) is 1.55. The van der Waals surface area contributed by atoms with Gasteiger partial charge in [0.2, 0.25) is 0 Å². The molecule has 1 aliphatic rings. The van der Waals surface area contributed by atoms with Gasteiger partial charge in [-0.2, -0.15) is 0 Å². The van der Waals surface area contributed by atoms with Gasteiger partial charge in [0, 0.05) is 6.54 Å². The van der Waals surface area contributed by atoms with Gasteiger partial charge in [-0.1, -0.05) is 54.6 Å². The van der Waals surface area contributed by atoms with Gasteiger partial charge < -0.3 is 14.5 Å². The average molecular weight is 427 g/mol. The van der Waals surface area contributed by atoms with E-state index in [-0.39, 0.29) is 18.1 Å². The van der Waals surface area contributed by atoms with Crippen LogP contribution in [0.4, 0.5) is 10.5 Å². The van der Waals surface area contributed by atoms with Gasteiger partial charge in [-0.25, -0.2) is 9.78 Å². The molecule has 1 aromatic heterocycles. The second-order valence-electron chi connectivity index (χ2n) is 7.57. The molecule has 1 atom stereocenters. The molecule has 0 radical (unpaired) electrons. The Labute approximate surface area is 184 Å². The van der Waals surface area contributed by atoms with Crippen LogP contribution in [0.3, 0.4) is 0 Å². The maximum absolute atomic E-state index is 12.9. The third-order valence-corrected chi connectivity index (χ3v) is 5.66. The number of benzene rings is 3. The fraction of sp³-hybridized carbons (Fsp3) is 0.160. The Morgan fingerprint density at radius 1 is 1.06 bits per heavy atom. The molecule has 7 heteroatoms. The maximum Gasteiger partial charge on any atom is 0.414 e. The van der Waals surface area contributed by atoms with Gasteiger partial charge >= 0.3 is 6.09 Å². The van der Waals surface area contributed by atoms with Gasteiger partial charge in [-0.15, -0.1) is 0 Å². The molecule has 4 aromatic rings. The van der Waals surface area contributed by atoms with Crippen molar-refractivity contribution in [1.29, 1.82) is 0 Å². The molecule has 5 rings (SSSR count). The van der Waals surface area contributed by atoms with E-state index in [9.17, 15) is 9.59 Å². The Kier molecular flexibility index (Phi) is 5.07. The van der Waals surface area contributed by atoms with Crippen molar-refractivity contribution in [3.8, 4) is 5.75 Å². The highest BCUT2D eigenvalue weighted by atomic mass is 16.6. The first kappa shape index (κ1) is 19.8. The Bertz CT molecular complexity index is 1350. The standard InChI is InChI=1S/C25H21N3O4/c1-31-21-13-7-11-18-22(21)26-23(27-24(18)29)19-14-28(20-12-6-5-10-17(19)20)25(30)32-15-16-8-3-2-4-9-16/h2-13,19H,14-15H2,1H3,(H,26,27,29). The van der Waals surface area contributed by atoms with E-state index in [2.05, 4.69) is 4.98 Å².